The first-order valence-corrected chi connectivity index (χ1v) is 8.00. The summed E-state index contributed by atoms with van der Waals surface area (Å²) in [5, 5.41) is 6.83. The third-order valence-electron chi connectivity index (χ3n) is 3.13. The number of benzene rings is 2. The maximum atomic E-state index is 12.2. The molecule has 0 bridgehead atoms. The van der Waals surface area contributed by atoms with Gasteiger partial charge >= 0.3 is 0 Å². The molecule has 0 spiro atoms. The van der Waals surface area contributed by atoms with E-state index in [9.17, 15) is 4.79 Å². The van der Waals surface area contributed by atoms with Crippen molar-refractivity contribution in [3.8, 4) is 5.75 Å². The highest BCUT2D eigenvalue weighted by Gasteiger charge is 2.14. The van der Waals surface area contributed by atoms with Crippen LogP contribution in [0.15, 0.2) is 42.5 Å². The van der Waals surface area contributed by atoms with E-state index < -0.39 is 6.04 Å². The van der Waals surface area contributed by atoms with E-state index in [1.165, 1.54) is 0 Å². The standard InChI is InChI=1S/C17H18Cl2N2O2/c1-3-23-14-7-5-13(6-8-14)20-11(2)17(22)21-16-10-12(18)4-9-15(16)19/h4-11,20H,3H2,1-2H3,(H,21,22). The Morgan fingerprint density at radius 2 is 1.87 bits per heavy atom. The van der Waals surface area contributed by atoms with Crippen LogP contribution in [0.1, 0.15) is 13.8 Å². The fourth-order valence-corrected chi connectivity index (χ4v) is 2.30. The molecule has 2 aromatic carbocycles. The molecule has 122 valence electrons. The van der Waals surface area contributed by atoms with Crippen molar-refractivity contribution in [3.63, 3.8) is 0 Å². The Hall–Kier alpha value is -1.91. The molecule has 0 aromatic heterocycles. The number of ether oxygens (including phenoxy) is 1. The second-order valence-corrected chi connectivity index (χ2v) is 5.78. The van der Waals surface area contributed by atoms with Crippen LogP contribution < -0.4 is 15.4 Å². The zero-order chi connectivity index (χ0) is 16.8. The lowest BCUT2D eigenvalue weighted by molar-refractivity contribution is -0.116. The molecule has 1 amide bonds. The van der Waals surface area contributed by atoms with E-state index in [0.717, 1.165) is 11.4 Å². The van der Waals surface area contributed by atoms with E-state index >= 15 is 0 Å². The first-order chi connectivity index (χ1) is 11.0. The number of anilines is 2. The third kappa shape index (κ3) is 5.05. The molecular formula is C17H18Cl2N2O2. The van der Waals surface area contributed by atoms with Gasteiger partial charge in [-0.15, -0.1) is 0 Å². The Labute approximate surface area is 145 Å². The van der Waals surface area contributed by atoms with Crippen LogP contribution in [-0.2, 0) is 4.79 Å². The normalized spacial score (nSPS) is 11.7. The molecule has 2 aromatic rings. The quantitative estimate of drug-likeness (QED) is 0.782. The van der Waals surface area contributed by atoms with E-state index in [2.05, 4.69) is 10.6 Å². The number of halogens is 2. The molecule has 0 aliphatic carbocycles. The Bertz CT molecular complexity index is 675. The van der Waals surface area contributed by atoms with Gasteiger partial charge in [0.05, 0.1) is 17.3 Å². The molecule has 1 unspecified atom stereocenters. The van der Waals surface area contributed by atoms with Gasteiger partial charge in [-0.3, -0.25) is 4.79 Å². The third-order valence-corrected chi connectivity index (χ3v) is 3.69. The summed E-state index contributed by atoms with van der Waals surface area (Å²) < 4.78 is 5.38. The van der Waals surface area contributed by atoms with Crippen molar-refractivity contribution < 1.29 is 9.53 Å². The highest BCUT2D eigenvalue weighted by molar-refractivity contribution is 6.35. The highest BCUT2D eigenvalue weighted by atomic mass is 35.5. The smallest absolute Gasteiger partial charge is 0.246 e. The number of rotatable bonds is 6. The summed E-state index contributed by atoms with van der Waals surface area (Å²) in [5.74, 6) is 0.587. The van der Waals surface area contributed by atoms with Gasteiger partial charge < -0.3 is 15.4 Å². The van der Waals surface area contributed by atoms with Crippen molar-refractivity contribution in [2.45, 2.75) is 19.9 Å². The van der Waals surface area contributed by atoms with Crippen LogP contribution in [-0.4, -0.2) is 18.6 Å². The van der Waals surface area contributed by atoms with E-state index in [4.69, 9.17) is 27.9 Å². The summed E-state index contributed by atoms with van der Waals surface area (Å²) in [4.78, 5) is 12.2. The molecule has 0 aliphatic heterocycles. The van der Waals surface area contributed by atoms with Crippen molar-refractivity contribution in [2.24, 2.45) is 0 Å². The molecule has 0 fully saturated rings. The van der Waals surface area contributed by atoms with Crippen LogP contribution in [0.3, 0.4) is 0 Å². The lowest BCUT2D eigenvalue weighted by Gasteiger charge is -2.16. The zero-order valence-electron chi connectivity index (χ0n) is 12.9. The second-order valence-electron chi connectivity index (χ2n) is 4.94. The Morgan fingerprint density at radius 3 is 2.52 bits per heavy atom. The number of nitrogens with one attached hydrogen (secondary N) is 2. The Morgan fingerprint density at radius 1 is 1.17 bits per heavy atom. The van der Waals surface area contributed by atoms with Gasteiger partial charge in [-0.2, -0.15) is 0 Å². The predicted octanol–water partition coefficient (Wildman–Crippen LogP) is 4.83. The van der Waals surface area contributed by atoms with Crippen LogP contribution in [0.25, 0.3) is 0 Å². The molecule has 4 nitrogen and oxygen atoms in total. The summed E-state index contributed by atoms with van der Waals surface area (Å²) in [5.41, 5.74) is 1.32. The summed E-state index contributed by atoms with van der Waals surface area (Å²) in [6.07, 6.45) is 0. The topological polar surface area (TPSA) is 50.4 Å². The monoisotopic (exact) mass is 352 g/mol. The zero-order valence-corrected chi connectivity index (χ0v) is 14.4. The van der Waals surface area contributed by atoms with Crippen molar-refractivity contribution in [1.29, 1.82) is 0 Å². The molecule has 1 atom stereocenters. The first kappa shape index (κ1) is 17.4. The number of carbonyl (C=O) groups excluding carboxylic acids is 1. The maximum absolute atomic E-state index is 12.2. The number of amides is 1. The minimum absolute atomic E-state index is 0.206. The van der Waals surface area contributed by atoms with Crippen LogP contribution in [0.4, 0.5) is 11.4 Å². The first-order valence-electron chi connectivity index (χ1n) is 7.25. The largest absolute Gasteiger partial charge is 0.494 e. The van der Waals surface area contributed by atoms with E-state index in [1.54, 1.807) is 25.1 Å². The van der Waals surface area contributed by atoms with Crippen molar-refractivity contribution >= 4 is 40.5 Å². The number of hydrogen-bond acceptors (Lipinski definition) is 3. The summed E-state index contributed by atoms with van der Waals surface area (Å²) in [6.45, 7) is 4.32. The molecule has 0 saturated heterocycles. The highest BCUT2D eigenvalue weighted by Crippen LogP contribution is 2.25. The minimum Gasteiger partial charge on any atom is -0.494 e. The maximum Gasteiger partial charge on any atom is 0.246 e. The molecule has 23 heavy (non-hydrogen) atoms. The van der Waals surface area contributed by atoms with Crippen molar-refractivity contribution in [3.05, 3.63) is 52.5 Å². The average molecular weight is 353 g/mol. The molecule has 2 N–H and O–H groups in total. The van der Waals surface area contributed by atoms with Gasteiger partial charge in [0, 0.05) is 10.7 Å². The average Bonchev–Trinajstić information content (AvgIpc) is 2.53. The molecule has 0 heterocycles. The molecule has 2 rings (SSSR count). The summed E-state index contributed by atoms with van der Waals surface area (Å²) in [7, 11) is 0. The van der Waals surface area contributed by atoms with Gasteiger partial charge in [-0.25, -0.2) is 0 Å². The summed E-state index contributed by atoms with van der Waals surface area (Å²) >= 11 is 12.0. The fraction of sp³-hybridized carbons (Fsp3) is 0.235. The lowest BCUT2D eigenvalue weighted by atomic mass is 10.2. The fourth-order valence-electron chi connectivity index (χ4n) is 1.96. The molecule has 0 saturated carbocycles. The Kier molecular flexibility index (Phi) is 6.13. The Balaban J connectivity index is 1.98. The van der Waals surface area contributed by atoms with Gasteiger partial charge in [0.25, 0.3) is 0 Å². The van der Waals surface area contributed by atoms with Crippen LogP contribution in [0.5, 0.6) is 5.75 Å². The molecular weight excluding hydrogens is 335 g/mol. The van der Waals surface area contributed by atoms with Crippen LogP contribution in [0.2, 0.25) is 10.0 Å². The number of carbonyl (C=O) groups is 1. The van der Waals surface area contributed by atoms with E-state index in [1.807, 2.05) is 31.2 Å². The number of hydrogen-bond donors (Lipinski definition) is 2. The van der Waals surface area contributed by atoms with Crippen molar-refractivity contribution in [2.75, 3.05) is 17.2 Å². The van der Waals surface area contributed by atoms with Gasteiger partial charge in [0.2, 0.25) is 5.91 Å². The molecule has 6 heteroatoms. The lowest BCUT2D eigenvalue weighted by Crippen LogP contribution is -2.31. The minimum atomic E-state index is -0.442. The molecule has 0 aliphatic rings. The SMILES string of the molecule is CCOc1ccc(NC(C)C(=O)Nc2cc(Cl)ccc2Cl)cc1. The van der Waals surface area contributed by atoms with Gasteiger partial charge in [0.1, 0.15) is 11.8 Å². The molecule has 0 radical (unpaired) electrons. The van der Waals surface area contributed by atoms with E-state index in [-0.39, 0.29) is 5.91 Å². The van der Waals surface area contributed by atoms with Gasteiger partial charge in [-0.1, -0.05) is 23.2 Å². The van der Waals surface area contributed by atoms with Crippen molar-refractivity contribution in [1.82, 2.24) is 0 Å². The van der Waals surface area contributed by atoms with E-state index in [0.29, 0.717) is 22.3 Å². The predicted molar refractivity (Wildman–Crippen MR) is 95.8 cm³/mol. The van der Waals surface area contributed by atoms with Crippen LogP contribution in [0, 0.1) is 0 Å². The van der Waals surface area contributed by atoms with Gasteiger partial charge in [0.15, 0.2) is 0 Å². The van der Waals surface area contributed by atoms with Crippen LogP contribution >= 0.6 is 23.2 Å². The summed E-state index contributed by atoms with van der Waals surface area (Å²) in [6, 6.07) is 11.9. The van der Waals surface area contributed by atoms with Gasteiger partial charge in [-0.05, 0) is 56.3 Å². The second kappa shape index (κ2) is 8.09.